The number of para-hydroxylation sites is 1. The molecule has 0 unspecified atom stereocenters. The van der Waals surface area contributed by atoms with Gasteiger partial charge in [-0.15, -0.1) is 0 Å². The van der Waals surface area contributed by atoms with E-state index in [0.29, 0.717) is 34.2 Å². The Kier molecular flexibility index (Phi) is 8.24. The molecule has 35 heavy (non-hydrogen) atoms. The number of nitrogens with one attached hydrogen (secondary N) is 1. The summed E-state index contributed by atoms with van der Waals surface area (Å²) in [6.07, 6.45) is 6.57. The van der Waals surface area contributed by atoms with Crippen molar-refractivity contribution in [3.8, 4) is 28.7 Å². The fourth-order valence-corrected chi connectivity index (χ4v) is 3.38. The monoisotopic (exact) mass is 476 g/mol. The fourth-order valence-electron chi connectivity index (χ4n) is 3.38. The van der Waals surface area contributed by atoms with Gasteiger partial charge in [0, 0.05) is 11.6 Å². The van der Waals surface area contributed by atoms with Gasteiger partial charge in [-0.3, -0.25) is 4.79 Å². The molecule has 3 aromatic rings. The van der Waals surface area contributed by atoms with Crippen LogP contribution in [0.25, 0.3) is 18.2 Å². The number of benzene rings is 3. The number of amides is 1. The molecule has 0 heterocycles. The van der Waals surface area contributed by atoms with Crippen LogP contribution in [-0.2, 0) is 4.79 Å². The van der Waals surface area contributed by atoms with Crippen LogP contribution >= 0.6 is 0 Å². The highest BCUT2D eigenvalue weighted by atomic mass is 16.5. The smallest absolute Gasteiger partial charge is 0.248 e. The molecule has 3 rings (SSSR count). The first-order chi connectivity index (χ1) is 16.9. The van der Waals surface area contributed by atoms with E-state index in [-0.39, 0.29) is 11.4 Å². The molecule has 0 fully saturated rings. The van der Waals surface area contributed by atoms with E-state index >= 15 is 0 Å². The third kappa shape index (κ3) is 6.05. The van der Waals surface area contributed by atoms with E-state index in [1.807, 2.05) is 6.08 Å². The number of anilines is 2. The van der Waals surface area contributed by atoms with E-state index < -0.39 is 5.91 Å². The molecule has 182 valence electrons. The van der Waals surface area contributed by atoms with Crippen LogP contribution in [0.15, 0.2) is 54.6 Å². The Morgan fingerprint density at radius 3 is 2.11 bits per heavy atom. The second-order valence-corrected chi connectivity index (χ2v) is 7.36. The Morgan fingerprint density at radius 1 is 0.829 bits per heavy atom. The first-order valence-electron chi connectivity index (χ1n) is 10.6. The number of carbonyl (C=O) groups excluding carboxylic acids is 1. The highest BCUT2D eigenvalue weighted by Crippen LogP contribution is 2.39. The maximum atomic E-state index is 12.6. The number of nitrogen functional groups attached to an aromatic ring is 1. The number of nitrogens with two attached hydrogens (primary N) is 1. The van der Waals surface area contributed by atoms with Gasteiger partial charge in [0.15, 0.2) is 11.5 Å². The Morgan fingerprint density at radius 2 is 1.49 bits per heavy atom. The van der Waals surface area contributed by atoms with Gasteiger partial charge in [-0.05, 0) is 47.5 Å². The molecule has 0 atom stereocenters. The van der Waals surface area contributed by atoms with Gasteiger partial charge in [0.05, 0.1) is 39.8 Å². The molecule has 0 bridgehead atoms. The number of phenols is 1. The third-order valence-corrected chi connectivity index (χ3v) is 5.15. The zero-order valence-corrected chi connectivity index (χ0v) is 20.0. The molecular formula is C27H28N2O6. The Balaban J connectivity index is 1.84. The van der Waals surface area contributed by atoms with Crippen LogP contribution < -0.4 is 30.0 Å². The third-order valence-electron chi connectivity index (χ3n) is 5.15. The predicted octanol–water partition coefficient (Wildman–Crippen LogP) is 4.83. The summed E-state index contributed by atoms with van der Waals surface area (Å²) in [4.78, 5) is 12.6. The molecule has 0 aromatic heterocycles. The lowest BCUT2D eigenvalue weighted by molar-refractivity contribution is -0.111. The minimum atomic E-state index is -0.412. The van der Waals surface area contributed by atoms with Gasteiger partial charge in [0.2, 0.25) is 11.7 Å². The summed E-state index contributed by atoms with van der Waals surface area (Å²) in [5.74, 6) is 1.56. The summed E-state index contributed by atoms with van der Waals surface area (Å²) in [5.41, 5.74) is 8.73. The van der Waals surface area contributed by atoms with Crippen molar-refractivity contribution in [3.63, 3.8) is 0 Å². The van der Waals surface area contributed by atoms with Gasteiger partial charge in [0.25, 0.3) is 0 Å². The molecule has 1 amide bonds. The van der Waals surface area contributed by atoms with Gasteiger partial charge in [-0.2, -0.15) is 0 Å². The van der Waals surface area contributed by atoms with Gasteiger partial charge < -0.3 is 35.1 Å². The second kappa shape index (κ2) is 11.5. The summed E-state index contributed by atoms with van der Waals surface area (Å²) in [5, 5.41) is 13.1. The van der Waals surface area contributed by atoms with Gasteiger partial charge >= 0.3 is 0 Å². The minimum Gasteiger partial charge on any atom is -0.506 e. The summed E-state index contributed by atoms with van der Waals surface area (Å²) in [6.45, 7) is 0. The molecule has 0 saturated carbocycles. The molecule has 4 N–H and O–H groups in total. The van der Waals surface area contributed by atoms with Crippen LogP contribution in [0.2, 0.25) is 0 Å². The first-order valence-corrected chi connectivity index (χ1v) is 10.6. The highest BCUT2D eigenvalue weighted by Gasteiger charge is 2.13. The zero-order chi connectivity index (χ0) is 25.4. The van der Waals surface area contributed by atoms with Gasteiger partial charge in [-0.1, -0.05) is 30.4 Å². The van der Waals surface area contributed by atoms with Gasteiger partial charge in [-0.25, -0.2) is 0 Å². The molecule has 0 saturated heterocycles. The summed E-state index contributed by atoms with van der Waals surface area (Å²) >= 11 is 0. The van der Waals surface area contributed by atoms with Crippen LogP contribution in [0, 0.1) is 0 Å². The Hall–Kier alpha value is -4.59. The molecule has 0 aliphatic heterocycles. The van der Waals surface area contributed by atoms with Crippen molar-refractivity contribution in [2.75, 3.05) is 39.5 Å². The van der Waals surface area contributed by atoms with Crippen molar-refractivity contribution >= 4 is 35.5 Å². The number of hydrogen-bond donors (Lipinski definition) is 3. The normalized spacial score (nSPS) is 11.0. The number of aromatic hydroxyl groups is 1. The topological polar surface area (TPSA) is 112 Å². The lowest BCUT2D eigenvalue weighted by atomic mass is 10.1. The van der Waals surface area contributed by atoms with E-state index in [4.69, 9.17) is 24.7 Å². The average molecular weight is 477 g/mol. The van der Waals surface area contributed by atoms with E-state index in [1.54, 1.807) is 68.8 Å². The summed E-state index contributed by atoms with van der Waals surface area (Å²) in [6, 6.07) is 13.8. The van der Waals surface area contributed by atoms with E-state index in [1.165, 1.54) is 26.4 Å². The fraction of sp³-hybridized carbons (Fsp3) is 0.148. The second-order valence-electron chi connectivity index (χ2n) is 7.36. The Bertz CT molecular complexity index is 1240. The minimum absolute atomic E-state index is 0.0621. The van der Waals surface area contributed by atoms with Crippen molar-refractivity contribution in [2.24, 2.45) is 0 Å². The molecule has 8 nitrogen and oxygen atoms in total. The quantitative estimate of drug-likeness (QED) is 0.175. The molecule has 3 aromatic carbocycles. The van der Waals surface area contributed by atoms with Crippen molar-refractivity contribution < 1.29 is 28.8 Å². The maximum Gasteiger partial charge on any atom is 0.248 e. The predicted molar refractivity (Wildman–Crippen MR) is 138 cm³/mol. The number of hydrogen-bond acceptors (Lipinski definition) is 7. The van der Waals surface area contributed by atoms with Crippen molar-refractivity contribution in [1.29, 1.82) is 0 Å². The molecule has 0 radical (unpaired) electrons. The van der Waals surface area contributed by atoms with Crippen molar-refractivity contribution in [2.45, 2.75) is 0 Å². The molecule has 0 aliphatic rings. The average Bonchev–Trinajstić information content (AvgIpc) is 2.87. The van der Waals surface area contributed by atoms with Crippen molar-refractivity contribution in [3.05, 3.63) is 71.3 Å². The first kappa shape index (κ1) is 25.0. The zero-order valence-electron chi connectivity index (χ0n) is 20.0. The lowest BCUT2D eigenvalue weighted by Gasteiger charge is -2.13. The number of ether oxygens (including phenoxy) is 4. The van der Waals surface area contributed by atoms with Crippen LogP contribution in [-0.4, -0.2) is 39.5 Å². The van der Waals surface area contributed by atoms with Crippen LogP contribution in [0.1, 0.15) is 16.7 Å². The van der Waals surface area contributed by atoms with Gasteiger partial charge in [0.1, 0.15) is 11.5 Å². The van der Waals surface area contributed by atoms with Crippen molar-refractivity contribution in [1.82, 2.24) is 0 Å². The molecular weight excluding hydrogens is 448 g/mol. The Labute approximate surface area is 204 Å². The molecule has 0 spiro atoms. The standard InChI is InChI=1S/C27H28N2O6/c1-32-22-14-17(9-12-20(22)28)10-13-25(31)29-26-19(6-5-7-21(26)30)11-8-18-15-23(33-2)27(35-4)24(16-18)34-3/h5-16,30H,28H2,1-4H3,(H,29,31)/b11-8+,13-10+. The number of carbonyl (C=O) groups is 1. The SMILES string of the molecule is COc1cc(/C=C/C(=O)Nc2c(O)cccc2/C=C/c2cc(OC)c(OC)c(OC)c2)ccc1N. The van der Waals surface area contributed by atoms with E-state index in [0.717, 1.165) is 11.1 Å². The van der Waals surface area contributed by atoms with Crippen LogP contribution in [0.5, 0.6) is 28.7 Å². The van der Waals surface area contributed by atoms with Crippen LogP contribution in [0.3, 0.4) is 0 Å². The molecule has 8 heteroatoms. The number of methoxy groups -OCH3 is 4. The van der Waals surface area contributed by atoms with Crippen LogP contribution in [0.4, 0.5) is 11.4 Å². The summed E-state index contributed by atoms with van der Waals surface area (Å²) < 4.78 is 21.3. The largest absolute Gasteiger partial charge is 0.506 e. The summed E-state index contributed by atoms with van der Waals surface area (Å²) in [7, 11) is 6.15. The number of rotatable bonds is 9. The highest BCUT2D eigenvalue weighted by molar-refractivity contribution is 6.04. The molecule has 0 aliphatic carbocycles. The lowest BCUT2D eigenvalue weighted by Crippen LogP contribution is -2.09. The number of phenolic OH excluding ortho intramolecular Hbond substituents is 1. The van der Waals surface area contributed by atoms with E-state index in [9.17, 15) is 9.90 Å². The van der Waals surface area contributed by atoms with E-state index in [2.05, 4.69) is 5.32 Å². The maximum absolute atomic E-state index is 12.6.